The van der Waals surface area contributed by atoms with Crippen molar-refractivity contribution in [3.63, 3.8) is 0 Å². The van der Waals surface area contributed by atoms with Gasteiger partial charge in [-0.25, -0.2) is 0 Å². The van der Waals surface area contributed by atoms with Crippen LogP contribution in [-0.4, -0.2) is 16.4 Å². The van der Waals surface area contributed by atoms with Gasteiger partial charge in [0.25, 0.3) is 0 Å². The van der Waals surface area contributed by atoms with Crippen LogP contribution in [0, 0.1) is 0 Å². The third-order valence-electron chi connectivity index (χ3n) is 0. The van der Waals surface area contributed by atoms with E-state index in [4.69, 9.17) is 0 Å². The predicted molar refractivity (Wildman–Crippen MR) is 7.49 cm³/mol. The summed E-state index contributed by atoms with van der Waals surface area (Å²) in [4.78, 5) is 0. The van der Waals surface area contributed by atoms with Crippen LogP contribution in [0.2, 0.25) is 0 Å². The second kappa shape index (κ2) is 81.2. The second-order valence-corrected chi connectivity index (χ2v) is 0. The van der Waals surface area contributed by atoms with E-state index in [1.165, 1.54) is 0 Å². The summed E-state index contributed by atoms with van der Waals surface area (Å²) in [5, 5.41) is 0. The fourth-order valence-electron chi connectivity index (χ4n) is 0. The van der Waals surface area contributed by atoms with Gasteiger partial charge in [0.15, 0.2) is 0 Å². The Bertz CT molecular complexity index is 8.75. The Morgan fingerprint density at radius 3 is 0.667 bits per heavy atom. The molecule has 0 aliphatic heterocycles. The number of hydrogen-bond donors (Lipinski definition) is 0. The molecule has 0 aromatic carbocycles. The van der Waals surface area contributed by atoms with Crippen LogP contribution in [0.1, 0.15) is 0 Å². The van der Waals surface area contributed by atoms with Crippen molar-refractivity contribution in [2.24, 2.45) is 0 Å². The van der Waals surface area contributed by atoms with Crippen molar-refractivity contribution >= 4 is 0 Å². The first-order chi connectivity index (χ1) is 0. The van der Waals surface area contributed by atoms with E-state index in [2.05, 4.69) is 0 Å². The van der Waals surface area contributed by atoms with Gasteiger partial charge in [-0.15, -0.1) is 0 Å². The average Bonchev–Trinajstić information content (AvgIpc) is 0. The van der Waals surface area contributed by atoms with E-state index >= 15 is 0 Å². The molecule has 0 unspecified atom stereocenters. The molecule has 0 fully saturated rings. The molecule has 0 aliphatic carbocycles. The van der Waals surface area contributed by atoms with Crippen molar-refractivity contribution in [3.8, 4) is 0 Å². The Morgan fingerprint density at radius 1 is 0.667 bits per heavy atom. The minimum Gasteiger partial charge on any atom is -0.870 e. The Balaban J connectivity index is 0. The Hall–Kier alpha value is 1.59. The fourth-order valence-corrected chi connectivity index (χ4v) is 0. The summed E-state index contributed by atoms with van der Waals surface area (Å²) in [5.41, 5.74) is 0. The van der Waals surface area contributed by atoms with Gasteiger partial charge in [0, 0.05) is 17.1 Å². The van der Waals surface area contributed by atoms with Crippen LogP contribution in [0.3, 0.4) is 0 Å². The standard InChI is InChI=1S/2Li.Mn.3H2O/h;;;3*1H2/q2*+1;;;;/p-2. The molecule has 0 atom stereocenters. The van der Waals surface area contributed by atoms with Crippen molar-refractivity contribution in [1.82, 2.24) is 0 Å². The molecule has 0 saturated heterocycles. The van der Waals surface area contributed by atoms with E-state index in [1.54, 1.807) is 0 Å². The first kappa shape index (κ1) is 130. The molecule has 3 nitrogen and oxygen atoms in total. The summed E-state index contributed by atoms with van der Waals surface area (Å²) < 4.78 is 0. The third kappa shape index (κ3) is 46.5. The van der Waals surface area contributed by atoms with Gasteiger partial charge in [-0.2, -0.15) is 0 Å². The quantitative estimate of drug-likeness (QED) is 0.298. The maximum atomic E-state index is 0. The Morgan fingerprint density at radius 2 is 0.667 bits per heavy atom. The maximum absolute atomic E-state index is 0. The molecular weight excluding hydrogens is 117 g/mol. The van der Waals surface area contributed by atoms with E-state index in [-0.39, 0.29) is 71.2 Å². The minimum atomic E-state index is 0. The molecule has 4 N–H and O–H groups in total. The molecule has 0 aromatic rings. The monoisotopic (exact) mass is 121 g/mol. The summed E-state index contributed by atoms with van der Waals surface area (Å²) in [7, 11) is 0. The van der Waals surface area contributed by atoms with Gasteiger partial charge < -0.3 is 16.4 Å². The molecular formula is H4Li2MnO3. The topological polar surface area (TPSA) is 91.5 Å². The molecule has 1 radical (unpaired) electrons. The molecule has 6 heavy (non-hydrogen) atoms. The number of hydrogen-bond acceptors (Lipinski definition) is 2. The van der Waals surface area contributed by atoms with Gasteiger partial charge >= 0.3 is 37.7 Å². The zero-order valence-electron chi connectivity index (χ0n) is 3.77. The van der Waals surface area contributed by atoms with Gasteiger partial charge in [0.1, 0.15) is 0 Å². The maximum Gasteiger partial charge on any atom is 1.00 e. The van der Waals surface area contributed by atoms with Crippen molar-refractivity contribution in [2.45, 2.75) is 0 Å². The van der Waals surface area contributed by atoms with Gasteiger partial charge in [-0.1, -0.05) is 0 Å². The summed E-state index contributed by atoms with van der Waals surface area (Å²) in [6.45, 7) is 0. The SMILES string of the molecule is O.[Li+].[Li+].[Mn].[OH-].[OH-]. The van der Waals surface area contributed by atoms with Crippen LogP contribution in [0.25, 0.3) is 0 Å². The Labute approximate surface area is 71.0 Å². The van der Waals surface area contributed by atoms with E-state index in [0.29, 0.717) is 0 Å². The third-order valence-corrected chi connectivity index (χ3v) is 0. The fraction of sp³-hybridized carbons (Fsp3) is 0. The van der Waals surface area contributed by atoms with Crippen LogP contribution in [0.15, 0.2) is 0 Å². The van der Waals surface area contributed by atoms with Crippen molar-refractivity contribution < 1.29 is 71.2 Å². The van der Waals surface area contributed by atoms with Gasteiger partial charge in [-0.05, 0) is 0 Å². The van der Waals surface area contributed by atoms with Crippen LogP contribution in [-0.2, 0) is 17.1 Å². The van der Waals surface area contributed by atoms with E-state index in [9.17, 15) is 0 Å². The Kier molecular flexibility index (Phi) is 1760. The zero-order valence-corrected chi connectivity index (χ0v) is 4.95. The van der Waals surface area contributed by atoms with Crippen molar-refractivity contribution in [3.05, 3.63) is 0 Å². The largest absolute Gasteiger partial charge is 1.00 e. The molecule has 6 heteroatoms. The molecule has 31 valence electrons. The zero-order chi connectivity index (χ0) is 0. The van der Waals surface area contributed by atoms with Crippen molar-refractivity contribution in [1.29, 1.82) is 0 Å². The van der Waals surface area contributed by atoms with Gasteiger partial charge in [-0.3, -0.25) is 0 Å². The van der Waals surface area contributed by atoms with E-state index < -0.39 is 0 Å². The first-order valence-electron chi connectivity index (χ1n) is 0. The smallest absolute Gasteiger partial charge is 0.870 e. The second-order valence-electron chi connectivity index (χ2n) is 0. The summed E-state index contributed by atoms with van der Waals surface area (Å²) in [6, 6.07) is 0. The van der Waals surface area contributed by atoms with Gasteiger partial charge in [0.05, 0.1) is 0 Å². The molecule has 0 amide bonds. The molecule has 0 aromatic heterocycles. The summed E-state index contributed by atoms with van der Waals surface area (Å²) in [5.74, 6) is 0. The molecule has 0 heterocycles. The molecule has 0 bridgehead atoms. The predicted octanol–water partition coefficient (Wildman–Crippen LogP) is -7.17. The van der Waals surface area contributed by atoms with E-state index in [1.807, 2.05) is 0 Å². The van der Waals surface area contributed by atoms with Crippen LogP contribution < -0.4 is 37.7 Å². The van der Waals surface area contributed by atoms with E-state index in [0.717, 1.165) is 0 Å². The normalized spacial score (nSPS) is 0. The average molecular weight is 121 g/mol. The first-order valence-corrected chi connectivity index (χ1v) is 0. The summed E-state index contributed by atoms with van der Waals surface area (Å²) >= 11 is 0. The molecule has 0 spiro atoms. The number of rotatable bonds is 0. The molecule has 0 rings (SSSR count). The van der Waals surface area contributed by atoms with Gasteiger partial charge in [0.2, 0.25) is 0 Å². The van der Waals surface area contributed by atoms with Crippen LogP contribution in [0.4, 0.5) is 0 Å². The molecule has 0 aliphatic rings. The summed E-state index contributed by atoms with van der Waals surface area (Å²) in [6.07, 6.45) is 0. The van der Waals surface area contributed by atoms with Crippen LogP contribution in [0.5, 0.6) is 0 Å². The molecule has 0 saturated carbocycles. The van der Waals surface area contributed by atoms with Crippen molar-refractivity contribution in [2.75, 3.05) is 0 Å². The minimum absolute atomic E-state index is 0. The van der Waals surface area contributed by atoms with Crippen LogP contribution >= 0.6 is 0 Å².